The van der Waals surface area contributed by atoms with E-state index in [-0.39, 0.29) is 24.1 Å². The van der Waals surface area contributed by atoms with Crippen molar-refractivity contribution in [3.63, 3.8) is 0 Å². The third-order valence-electron chi connectivity index (χ3n) is 7.29. The van der Waals surface area contributed by atoms with Crippen LogP contribution in [0.25, 0.3) is 11.2 Å². The average Bonchev–Trinajstić information content (AvgIpc) is 3.45. The first-order valence-electron chi connectivity index (χ1n) is 11.6. The van der Waals surface area contributed by atoms with Crippen LogP contribution in [0.2, 0.25) is 0 Å². The molecule has 8 nitrogen and oxygen atoms in total. The average molecular weight is 416 g/mol. The first-order chi connectivity index (χ1) is 14.6. The summed E-state index contributed by atoms with van der Waals surface area (Å²) in [6, 6.07) is 0.285. The molecule has 3 N–H and O–H groups in total. The Bertz CT molecular complexity index is 875. The number of aliphatic hydroxyl groups excluding tert-OH is 1. The van der Waals surface area contributed by atoms with Crippen molar-refractivity contribution < 1.29 is 14.6 Å². The summed E-state index contributed by atoms with van der Waals surface area (Å²) in [4.78, 5) is 13.3. The van der Waals surface area contributed by atoms with Crippen molar-refractivity contribution in [1.82, 2.24) is 19.5 Å². The van der Waals surface area contributed by atoms with Gasteiger partial charge in [-0.05, 0) is 44.9 Å². The maximum Gasteiger partial charge on any atom is 0.320 e. The molecular formula is C22H33N5O3. The van der Waals surface area contributed by atoms with E-state index in [2.05, 4.69) is 21.9 Å². The zero-order valence-corrected chi connectivity index (χ0v) is 17.7. The number of aromatic nitrogens is 4. The second-order valence-corrected chi connectivity index (χ2v) is 9.37. The molecule has 30 heavy (non-hydrogen) atoms. The Morgan fingerprint density at radius 2 is 1.87 bits per heavy atom. The quantitative estimate of drug-likeness (QED) is 0.768. The van der Waals surface area contributed by atoms with Gasteiger partial charge in [-0.25, -0.2) is 4.98 Å². The number of nitrogens with two attached hydrogens (primary N) is 1. The highest BCUT2D eigenvalue weighted by atomic mass is 16.5. The van der Waals surface area contributed by atoms with Crippen molar-refractivity contribution in [3.8, 4) is 6.01 Å². The van der Waals surface area contributed by atoms with Crippen LogP contribution in [-0.2, 0) is 4.74 Å². The highest BCUT2D eigenvalue weighted by molar-refractivity contribution is 5.82. The monoisotopic (exact) mass is 415 g/mol. The summed E-state index contributed by atoms with van der Waals surface area (Å²) in [5, 5.41) is 11.2. The van der Waals surface area contributed by atoms with Gasteiger partial charge in [-0.1, -0.05) is 32.1 Å². The van der Waals surface area contributed by atoms with Gasteiger partial charge in [0, 0.05) is 5.92 Å². The van der Waals surface area contributed by atoms with Gasteiger partial charge in [0.25, 0.3) is 0 Å². The molecule has 2 aromatic rings. The Morgan fingerprint density at radius 1 is 1.13 bits per heavy atom. The fourth-order valence-electron chi connectivity index (χ4n) is 5.57. The lowest BCUT2D eigenvalue weighted by molar-refractivity contribution is -0.0298. The molecule has 4 atom stereocenters. The smallest absolute Gasteiger partial charge is 0.320 e. The molecule has 0 radical (unpaired) electrons. The summed E-state index contributed by atoms with van der Waals surface area (Å²) in [7, 11) is 0. The van der Waals surface area contributed by atoms with Crippen molar-refractivity contribution >= 4 is 17.0 Å². The third kappa shape index (κ3) is 3.75. The van der Waals surface area contributed by atoms with Gasteiger partial charge in [-0.2, -0.15) is 9.97 Å². The number of hydrogen-bond acceptors (Lipinski definition) is 7. The highest BCUT2D eigenvalue weighted by Gasteiger charge is 2.43. The van der Waals surface area contributed by atoms with Crippen molar-refractivity contribution in [3.05, 3.63) is 6.33 Å². The molecule has 3 fully saturated rings. The maximum atomic E-state index is 11.2. The number of hydrogen-bond donors (Lipinski definition) is 2. The van der Waals surface area contributed by atoms with Gasteiger partial charge in [0.05, 0.1) is 12.4 Å². The van der Waals surface area contributed by atoms with Crippen LogP contribution in [0.4, 0.5) is 5.82 Å². The molecule has 8 heteroatoms. The Hall–Kier alpha value is -1.93. The van der Waals surface area contributed by atoms with Crippen LogP contribution in [0.3, 0.4) is 0 Å². The van der Waals surface area contributed by atoms with Crippen LogP contribution in [0.1, 0.15) is 77.4 Å². The minimum absolute atomic E-state index is 0.0160. The SMILES string of the molecule is C[C@H]1O[C@@H](n2cnc3c(N)nc(OC4CCCC4)nc32)[C@H](O)[C@@H]1CC1CCCCC1. The molecule has 1 saturated heterocycles. The molecule has 0 bridgehead atoms. The van der Waals surface area contributed by atoms with E-state index in [4.69, 9.17) is 15.2 Å². The van der Waals surface area contributed by atoms with E-state index in [1.807, 2.05) is 0 Å². The Kier molecular flexibility index (Phi) is 5.54. The predicted octanol–water partition coefficient (Wildman–Crippen LogP) is 3.59. The highest BCUT2D eigenvalue weighted by Crippen LogP contribution is 2.41. The van der Waals surface area contributed by atoms with E-state index in [1.54, 1.807) is 10.9 Å². The lowest BCUT2D eigenvalue weighted by Gasteiger charge is -2.27. The molecule has 3 heterocycles. The zero-order valence-electron chi connectivity index (χ0n) is 17.7. The van der Waals surface area contributed by atoms with Crippen LogP contribution in [0.5, 0.6) is 6.01 Å². The number of anilines is 1. The number of aliphatic hydroxyl groups is 1. The molecule has 0 unspecified atom stereocenters. The number of nitrogen functional groups attached to an aromatic ring is 1. The predicted molar refractivity (Wildman–Crippen MR) is 113 cm³/mol. The van der Waals surface area contributed by atoms with Crippen LogP contribution in [0.15, 0.2) is 6.33 Å². The Labute approximate surface area is 177 Å². The lowest BCUT2D eigenvalue weighted by atomic mass is 9.80. The van der Waals surface area contributed by atoms with E-state index < -0.39 is 12.3 Å². The van der Waals surface area contributed by atoms with Gasteiger partial charge in [0.15, 0.2) is 23.2 Å². The fourth-order valence-corrected chi connectivity index (χ4v) is 5.57. The number of imidazole rings is 1. The van der Waals surface area contributed by atoms with E-state index in [1.165, 1.54) is 44.9 Å². The number of fused-ring (bicyclic) bond motifs is 1. The maximum absolute atomic E-state index is 11.2. The van der Waals surface area contributed by atoms with E-state index in [9.17, 15) is 5.11 Å². The first-order valence-corrected chi connectivity index (χ1v) is 11.6. The van der Waals surface area contributed by atoms with Gasteiger partial charge in [-0.15, -0.1) is 0 Å². The van der Waals surface area contributed by atoms with Crippen LogP contribution in [-0.4, -0.2) is 42.9 Å². The van der Waals surface area contributed by atoms with Gasteiger partial charge in [0.1, 0.15) is 12.2 Å². The van der Waals surface area contributed by atoms with E-state index in [0.717, 1.165) is 19.3 Å². The number of nitrogens with zero attached hydrogens (tertiary/aromatic N) is 4. The third-order valence-corrected chi connectivity index (χ3v) is 7.29. The van der Waals surface area contributed by atoms with Gasteiger partial charge < -0.3 is 20.3 Å². The molecule has 2 aliphatic carbocycles. The van der Waals surface area contributed by atoms with E-state index in [0.29, 0.717) is 22.9 Å². The minimum Gasteiger partial charge on any atom is -0.460 e. The lowest BCUT2D eigenvalue weighted by Crippen LogP contribution is -2.28. The van der Waals surface area contributed by atoms with Crippen molar-refractivity contribution in [2.24, 2.45) is 11.8 Å². The molecule has 164 valence electrons. The Balaban J connectivity index is 1.38. The second-order valence-electron chi connectivity index (χ2n) is 9.37. The summed E-state index contributed by atoms with van der Waals surface area (Å²) in [6.45, 7) is 2.06. The van der Waals surface area contributed by atoms with Crippen LogP contribution in [0, 0.1) is 11.8 Å². The molecule has 2 aromatic heterocycles. The Morgan fingerprint density at radius 3 is 2.63 bits per heavy atom. The van der Waals surface area contributed by atoms with Gasteiger partial charge in [0.2, 0.25) is 0 Å². The minimum atomic E-state index is -0.602. The van der Waals surface area contributed by atoms with Gasteiger partial charge >= 0.3 is 6.01 Å². The summed E-state index contributed by atoms with van der Waals surface area (Å²) in [5.41, 5.74) is 7.23. The first kappa shape index (κ1) is 20.0. The zero-order chi connectivity index (χ0) is 20.7. The van der Waals surface area contributed by atoms with Gasteiger partial charge in [-0.3, -0.25) is 4.57 Å². The standard InChI is InChI=1S/C22H33N5O3/c1-13-16(11-14-7-3-2-4-8-14)18(28)21(29-13)27-12-24-17-19(23)25-22(26-20(17)27)30-15-9-5-6-10-15/h12-16,18,21,28H,2-11H2,1H3,(H2,23,25,26)/t13-,16-,18-,21-/m1/s1. The summed E-state index contributed by atoms with van der Waals surface area (Å²) in [6.07, 6.45) is 12.5. The topological polar surface area (TPSA) is 108 Å². The molecule has 2 saturated carbocycles. The fraction of sp³-hybridized carbons (Fsp3) is 0.773. The molecule has 0 spiro atoms. The van der Waals surface area contributed by atoms with E-state index >= 15 is 0 Å². The normalized spacial score (nSPS) is 31.0. The largest absolute Gasteiger partial charge is 0.460 e. The number of ether oxygens (including phenoxy) is 2. The molecule has 0 aromatic carbocycles. The summed E-state index contributed by atoms with van der Waals surface area (Å²) >= 11 is 0. The molecule has 0 amide bonds. The summed E-state index contributed by atoms with van der Waals surface area (Å²) < 4.78 is 14.0. The molecule has 5 rings (SSSR count). The molecular weight excluding hydrogens is 382 g/mol. The van der Waals surface area contributed by atoms with Crippen molar-refractivity contribution in [1.29, 1.82) is 0 Å². The molecule has 1 aliphatic heterocycles. The van der Waals surface area contributed by atoms with Crippen LogP contribution >= 0.6 is 0 Å². The van der Waals surface area contributed by atoms with Crippen molar-refractivity contribution in [2.45, 2.75) is 95.7 Å². The number of rotatable bonds is 5. The van der Waals surface area contributed by atoms with Crippen molar-refractivity contribution in [2.75, 3.05) is 5.73 Å². The second kappa shape index (κ2) is 8.30. The molecule has 3 aliphatic rings. The van der Waals surface area contributed by atoms with Crippen LogP contribution < -0.4 is 10.5 Å². The summed E-state index contributed by atoms with van der Waals surface area (Å²) in [5.74, 6) is 1.10.